The van der Waals surface area contributed by atoms with Gasteiger partial charge in [-0.2, -0.15) is 0 Å². The summed E-state index contributed by atoms with van der Waals surface area (Å²) in [5, 5.41) is 0. The van der Waals surface area contributed by atoms with Crippen LogP contribution in [0.3, 0.4) is 0 Å². The Morgan fingerprint density at radius 1 is 1.04 bits per heavy atom. The summed E-state index contributed by atoms with van der Waals surface area (Å²) in [7, 11) is 1.63. The Balaban J connectivity index is 1.61. The molecule has 26 heavy (non-hydrogen) atoms. The second-order valence-corrected chi connectivity index (χ2v) is 6.32. The molecule has 1 fully saturated rings. The van der Waals surface area contributed by atoms with Crippen LogP contribution in [0.2, 0.25) is 0 Å². The number of anilines is 1. The molecule has 4 nitrogen and oxygen atoms in total. The Bertz CT molecular complexity index is 794. The summed E-state index contributed by atoms with van der Waals surface area (Å²) in [6, 6.07) is 14.4. The predicted octanol–water partition coefficient (Wildman–Crippen LogP) is 3.59. The number of hydrogen-bond acceptors (Lipinski definition) is 3. The molecule has 2 aromatic carbocycles. The molecule has 1 aliphatic heterocycles. The Hall–Kier alpha value is -2.82. The summed E-state index contributed by atoms with van der Waals surface area (Å²) in [4.78, 5) is 16.3. The van der Waals surface area contributed by atoms with Crippen molar-refractivity contribution in [1.82, 2.24) is 4.90 Å². The summed E-state index contributed by atoms with van der Waals surface area (Å²) in [6.07, 6.45) is 1.67. The molecule has 0 radical (unpaired) electrons. The van der Waals surface area contributed by atoms with Crippen molar-refractivity contribution in [2.45, 2.75) is 6.92 Å². The number of para-hydroxylation sites is 1. The predicted molar refractivity (Wildman–Crippen MR) is 102 cm³/mol. The fourth-order valence-electron chi connectivity index (χ4n) is 3.09. The van der Waals surface area contributed by atoms with E-state index in [0.717, 1.165) is 16.9 Å². The molecule has 0 aromatic heterocycles. The number of rotatable bonds is 4. The summed E-state index contributed by atoms with van der Waals surface area (Å²) in [5.41, 5.74) is 2.50. The molecule has 0 unspecified atom stereocenters. The molecule has 1 aliphatic rings. The normalized spacial score (nSPS) is 15.1. The molecule has 1 saturated heterocycles. The van der Waals surface area contributed by atoms with E-state index in [1.54, 1.807) is 25.3 Å². The molecule has 2 aromatic rings. The lowest BCUT2D eigenvalue weighted by Crippen LogP contribution is -2.48. The van der Waals surface area contributed by atoms with Crippen molar-refractivity contribution in [2.24, 2.45) is 0 Å². The zero-order chi connectivity index (χ0) is 18.5. The van der Waals surface area contributed by atoms with Crippen LogP contribution >= 0.6 is 0 Å². The van der Waals surface area contributed by atoms with E-state index in [4.69, 9.17) is 4.74 Å². The van der Waals surface area contributed by atoms with Crippen LogP contribution in [0.15, 0.2) is 54.6 Å². The average molecular weight is 354 g/mol. The highest BCUT2D eigenvalue weighted by Gasteiger charge is 2.21. The fraction of sp³-hybridized carbons (Fsp3) is 0.286. The van der Waals surface area contributed by atoms with E-state index in [9.17, 15) is 9.18 Å². The number of methoxy groups -OCH3 is 1. The van der Waals surface area contributed by atoms with Crippen molar-refractivity contribution in [1.29, 1.82) is 0 Å². The highest BCUT2D eigenvalue weighted by atomic mass is 19.1. The van der Waals surface area contributed by atoms with Gasteiger partial charge in [-0.05, 0) is 42.3 Å². The molecule has 0 bridgehead atoms. The molecule has 0 N–H and O–H groups in total. The van der Waals surface area contributed by atoms with Crippen LogP contribution in [-0.2, 0) is 4.79 Å². The first-order chi connectivity index (χ1) is 12.6. The van der Waals surface area contributed by atoms with Gasteiger partial charge in [-0.3, -0.25) is 4.79 Å². The van der Waals surface area contributed by atoms with E-state index in [2.05, 4.69) is 0 Å². The molecule has 1 amide bonds. The first-order valence-electron chi connectivity index (χ1n) is 8.69. The maximum atomic E-state index is 13.9. The molecule has 0 atom stereocenters. The lowest BCUT2D eigenvalue weighted by molar-refractivity contribution is -0.126. The standard InChI is InChI=1S/C21H23FN2O2/c1-16(17-7-9-18(26-2)10-8-17)15-21(25)24-13-11-23(12-14-24)20-6-4-3-5-19(20)22/h3-10,15H,11-14H2,1-2H3/b16-15+. The van der Waals surface area contributed by atoms with Gasteiger partial charge in [0, 0.05) is 32.3 Å². The first kappa shape index (κ1) is 18.0. The number of piperazine rings is 1. The number of halogens is 1. The minimum absolute atomic E-state index is 0.00787. The Kier molecular flexibility index (Phi) is 5.56. The van der Waals surface area contributed by atoms with E-state index in [1.807, 2.05) is 47.1 Å². The number of benzene rings is 2. The topological polar surface area (TPSA) is 32.8 Å². The second-order valence-electron chi connectivity index (χ2n) is 6.32. The average Bonchev–Trinajstić information content (AvgIpc) is 2.68. The third-order valence-corrected chi connectivity index (χ3v) is 4.67. The third-order valence-electron chi connectivity index (χ3n) is 4.67. The number of allylic oxidation sites excluding steroid dienone is 1. The van der Waals surface area contributed by atoms with Crippen LogP contribution in [0, 0.1) is 5.82 Å². The Morgan fingerprint density at radius 3 is 2.31 bits per heavy atom. The monoisotopic (exact) mass is 354 g/mol. The minimum atomic E-state index is -0.220. The highest BCUT2D eigenvalue weighted by molar-refractivity contribution is 5.95. The summed E-state index contributed by atoms with van der Waals surface area (Å²) in [5.74, 6) is 0.561. The minimum Gasteiger partial charge on any atom is -0.497 e. The second kappa shape index (κ2) is 8.04. The number of hydrogen-bond donors (Lipinski definition) is 0. The SMILES string of the molecule is COc1ccc(/C(C)=C/C(=O)N2CCN(c3ccccc3F)CC2)cc1. The Morgan fingerprint density at radius 2 is 1.69 bits per heavy atom. The highest BCUT2D eigenvalue weighted by Crippen LogP contribution is 2.21. The first-order valence-corrected chi connectivity index (χ1v) is 8.69. The zero-order valence-electron chi connectivity index (χ0n) is 15.1. The van der Waals surface area contributed by atoms with Crippen LogP contribution < -0.4 is 9.64 Å². The maximum Gasteiger partial charge on any atom is 0.246 e. The molecule has 3 rings (SSSR count). The number of carbonyl (C=O) groups excluding carboxylic acids is 1. The van der Waals surface area contributed by atoms with Crippen LogP contribution in [0.4, 0.5) is 10.1 Å². The van der Waals surface area contributed by atoms with Gasteiger partial charge in [0.1, 0.15) is 11.6 Å². The van der Waals surface area contributed by atoms with Crippen molar-refractivity contribution in [2.75, 3.05) is 38.2 Å². The summed E-state index contributed by atoms with van der Waals surface area (Å²) < 4.78 is 19.1. The summed E-state index contributed by atoms with van der Waals surface area (Å²) >= 11 is 0. The van der Waals surface area contributed by atoms with Crippen molar-refractivity contribution >= 4 is 17.2 Å². The summed E-state index contributed by atoms with van der Waals surface area (Å²) in [6.45, 7) is 4.35. The van der Waals surface area contributed by atoms with Crippen molar-refractivity contribution < 1.29 is 13.9 Å². The van der Waals surface area contributed by atoms with Gasteiger partial charge < -0.3 is 14.5 Å². The van der Waals surface area contributed by atoms with Crippen LogP contribution in [0.5, 0.6) is 5.75 Å². The van der Waals surface area contributed by atoms with Gasteiger partial charge in [0.2, 0.25) is 5.91 Å². The zero-order valence-corrected chi connectivity index (χ0v) is 15.1. The number of amides is 1. The lowest BCUT2D eigenvalue weighted by Gasteiger charge is -2.35. The van der Waals surface area contributed by atoms with Crippen molar-refractivity contribution in [3.8, 4) is 5.75 Å². The number of carbonyl (C=O) groups is 1. The van der Waals surface area contributed by atoms with Crippen LogP contribution in [-0.4, -0.2) is 44.1 Å². The van der Waals surface area contributed by atoms with Crippen molar-refractivity contribution in [3.05, 3.63) is 66.0 Å². The molecule has 136 valence electrons. The largest absolute Gasteiger partial charge is 0.497 e. The molecule has 0 saturated carbocycles. The number of nitrogens with zero attached hydrogens (tertiary/aromatic N) is 2. The molecular formula is C21H23FN2O2. The van der Waals surface area contributed by atoms with Gasteiger partial charge in [0.25, 0.3) is 0 Å². The lowest BCUT2D eigenvalue weighted by atomic mass is 10.1. The quantitative estimate of drug-likeness (QED) is 0.787. The number of ether oxygens (including phenoxy) is 1. The molecule has 5 heteroatoms. The van der Waals surface area contributed by atoms with E-state index in [1.165, 1.54) is 6.07 Å². The molecule has 0 spiro atoms. The molecule has 1 heterocycles. The van der Waals surface area contributed by atoms with E-state index >= 15 is 0 Å². The van der Waals surface area contributed by atoms with E-state index in [0.29, 0.717) is 31.9 Å². The smallest absolute Gasteiger partial charge is 0.246 e. The van der Waals surface area contributed by atoms with Gasteiger partial charge in [-0.25, -0.2) is 4.39 Å². The third kappa shape index (κ3) is 4.04. The van der Waals surface area contributed by atoms with Gasteiger partial charge in [0.05, 0.1) is 12.8 Å². The van der Waals surface area contributed by atoms with Gasteiger partial charge >= 0.3 is 0 Å². The van der Waals surface area contributed by atoms with E-state index in [-0.39, 0.29) is 11.7 Å². The van der Waals surface area contributed by atoms with Gasteiger partial charge in [0.15, 0.2) is 0 Å². The molecule has 0 aliphatic carbocycles. The van der Waals surface area contributed by atoms with Gasteiger partial charge in [-0.15, -0.1) is 0 Å². The fourth-order valence-corrected chi connectivity index (χ4v) is 3.09. The molecular weight excluding hydrogens is 331 g/mol. The Labute approximate surface area is 153 Å². The van der Waals surface area contributed by atoms with Crippen LogP contribution in [0.25, 0.3) is 5.57 Å². The van der Waals surface area contributed by atoms with Gasteiger partial charge in [-0.1, -0.05) is 24.3 Å². The van der Waals surface area contributed by atoms with Crippen LogP contribution in [0.1, 0.15) is 12.5 Å². The van der Waals surface area contributed by atoms with Crippen molar-refractivity contribution in [3.63, 3.8) is 0 Å². The van der Waals surface area contributed by atoms with E-state index < -0.39 is 0 Å². The maximum absolute atomic E-state index is 13.9.